The number of hydrogen-bond donors (Lipinski definition) is 0. The van der Waals surface area contributed by atoms with Crippen LogP contribution in [-0.2, 0) is 0 Å². The third-order valence-corrected chi connectivity index (χ3v) is 10.7. The van der Waals surface area contributed by atoms with Crippen LogP contribution in [-0.4, -0.2) is 15.2 Å². The highest BCUT2D eigenvalue weighted by Gasteiger charge is 2.31. The molecule has 1 nitrogen and oxygen atoms in total. The Morgan fingerprint density at radius 3 is 2.14 bits per heavy atom. The molecule has 3 aromatic carbocycles. The van der Waals surface area contributed by atoms with E-state index in [4.69, 9.17) is 0 Å². The van der Waals surface area contributed by atoms with Crippen molar-refractivity contribution in [2.45, 2.75) is 69.4 Å². The van der Waals surface area contributed by atoms with Gasteiger partial charge in [-0.3, -0.25) is 0 Å². The Bertz CT molecular complexity index is 1090. The standard InChI is InChI=1S/C29H32F4OSi/c1-2-3-4-18-35-19-16-22(17-20-35)21-8-10-23(11-9-21)26-6-5-7-27(30)28(26)24-12-14-25(15-13-24)34-29(31,32)33/h5-15,22,35H,2-4,16-20H2,1H3. The molecule has 0 unspecified atom stereocenters. The highest BCUT2D eigenvalue weighted by Crippen LogP contribution is 2.38. The molecule has 0 bridgehead atoms. The maximum atomic E-state index is 14.9. The summed E-state index contributed by atoms with van der Waals surface area (Å²) in [7, 11) is -0.555. The molecule has 0 N–H and O–H groups in total. The lowest BCUT2D eigenvalue weighted by Crippen LogP contribution is -2.20. The van der Waals surface area contributed by atoms with E-state index in [2.05, 4.69) is 23.8 Å². The monoisotopic (exact) mass is 500 g/mol. The molecule has 0 atom stereocenters. The lowest BCUT2D eigenvalue weighted by atomic mass is 9.90. The summed E-state index contributed by atoms with van der Waals surface area (Å²) in [4.78, 5) is 0. The molecule has 186 valence electrons. The van der Waals surface area contributed by atoms with E-state index >= 15 is 0 Å². The van der Waals surface area contributed by atoms with E-state index in [0.717, 1.165) is 5.56 Å². The van der Waals surface area contributed by atoms with Gasteiger partial charge in [0.2, 0.25) is 0 Å². The Labute approximate surface area is 206 Å². The first-order chi connectivity index (χ1) is 16.8. The summed E-state index contributed by atoms with van der Waals surface area (Å²) in [6.45, 7) is 2.26. The van der Waals surface area contributed by atoms with Gasteiger partial charge in [0.1, 0.15) is 11.6 Å². The number of alkyl halides is 3. The van der Waals surface area contributed by atoms with E-state index in [0.29, 0.717) is 22.6 Å². The fraction of sp³-hybridized carbons (Fsp3) is 0.379. The zero-order valence-corrected chi connectivity index (χ0v) is 21.2. The summed E-state index contributed by atoms with van der Waals surface area (Å²) in [5.74, 6) is -0.138. The fourth-order valence-corrected chi connectivity index (χ4v) is 8.76. The Balaban J connectivity index is 1.49. The first kappa shape index (κ1) is 25.5. The molecule has 0 radical (unpaired) electrons. The Kier molecular flexibility index (Phi) is 8.32. The van der Waals surface area contributed by atoms with Crippen LogP contribution in [0.4, 0.5) is 17.6 Å². The van der Waals surface area contributed by atoms with Crippen molar-refractivity contribution in [2.75, 3.05) is 0 Å². The van der Waals surface area contributed by atoms with E-state index in [1.807, 2.05) is 18.2 Å². The molecule has 0 saturated carbocycles. The first-order valence-electron chi connectivity index (χ1n) is 12.6. The molecule has 1 fully saturated rings. The van der Waals surface area contributed by atoms with Crippen LogP contribution in [0.15, 0.2) is 66.7 Å². The van der Waals surface area contributed by atoms with E-state index < -0.39 is 21.0 Å². The van der Waals surface area contributed by atoms with Crippen LogP contribution in [0.5, 0.6) is 5.75 Å². The van der Waals surface area contributed by atoms with Gasteiger partial charge in [0.05, 0.1) is 0 Å². The maximum Gasteiger partial charge on any atom is 0.573 e. The van der Waals surface area contributed by atoms with Crippen molar-refractivity contribution in [1.29, 1.82) is 0 Å². The largest absolute Gasteiger partial charge is 0.573 e. The Morgan fingerprint density at radius 2 is 1.51 bits per heavy atom. The van der Waals surface area contributed by atoms with Gasteiger partial charge in [-0.1, -0.05) is 92.8 Å². The minimum atomic E-state index is -4.76. The van der Waals surface area contributed by atoms with Gasteiger partial charge in [0, 0.05) is 14.4 Å². The molecule has 1 saturated heterocycles. The lowest BCUT2D eigenvalue weighted by molar-refractivity contribution is -0.274. The summed E-state index contributed by atoms with van der Waals surface area (Å²) in [5.41, 5.74) is 3.83. The molecule has 0 spiro atoms. The van der Waals surface area contributed by atoms with Crippen molar-refractivity contribution in [3.63, 3.8) is 0 Å². The number of halogens is 4. The van der Waals surface area contributed by atoms with Gasteiger partial charge < -0.3 is 4.74 Å². The van der Waals surface area contributed by atoms with Crippen molar-refractivity contribution < 1.29 is 22.3 Å². The zero-order valence-electron chi connectivity index (χ0n) is 20.1. The summed E-state index contributed by atoms with van der Waals surface area (Å²) >= 11 is 0. The molecular weight excluding hydrogens is 468 g/mol. The van der Waals surface area contributed by atoms with E-state index in [1.165, 1.54) is 86.1 Å². The number of benzene rings is 3. The van der Waals surface area contributed by atoms with Crippen molar-refractivity contribution in [3.8, 4) is 28.0 Å². The number of hydrogen-bond acceptors (Lipinski definition) is 1. The van der Waals surface area contributed by atoms with Gasteiger partial charge in [-0.2, -0.15) is 0 Å². The van der Waals surface area contributed by atoms with E-state index in [1.54, 1.807) is 6.07 Å². The average Bonchev–Trinajstić information content (AvgIpc) is 2.84. The predicted molar refractivity (Wildman–Crippen MR) is 137 cm³/mol. The van der Waals surface area contributed by atoms with Crippen molar-refractivity contribution in [3.05, 3.63) is 78.1 Å². The Hall–Kier alpha value is -2.60. The second kappa shape index (κ2) is 11.4. The molecule has 1 aliphatic heterocycles. The smallest absolute Gasteiger partial charge is 0.406 e. The number of ether oxygens (including phenoxy) is 1. The molecule has 0 aliphatic carbocycles. The van der Waals surface area contributed by atoms with Gasteiger partial charge in [-0.25, -0.2) is 4.39 Å². The SMILES string of the molecule is CCCCC[SiH]1CCC(c2ccc(-c3cccc(F)c3-c3ccc(OC(F)(F)F)cc3)cc2)CC1. The van der Waals surface area contributed by atoms with Crippen LogP contribution in [0, 0.1) is 5.82 Å². The normalized spacial score (nSPS) is 18.4. The van der Waals surface area contributed by atoms with Crippen LogP contribution in [0.1, 0.15) is 50.5 Å². The van der Waals surface area contributed by atoms with E-state index in [9.17, 15) is 17.6 Å². The van der Waals surface area contributed by atoms with Gasteiger partial charge in [0.15, 0.2) is 0 Å². The molecule has 4 rings (SSSR count). The van der Waals surface area contributed by atoms with Crippen LogP contribution in [0.25, 0.3) is 22.3 Å². The van der Waals surface area contributed by atoms with Gasteiger partial charge in [-0.15, -0.1) is 13.2 Å². The van der Waals surface area contributed by atoms with Crippen molar-refractivity contribution in [2.24, 2.45) is 0 Å². The average molecular weight is 501 g/mol. The summed E-state index contributed by atoms with van der Waals surface area (Å²) in [5, 5.41) is 0. The molecule has 3 aromatic rings. The van der Waals surface area contributed by atoms with Gasteiger partial charge in [-0.05, 0) is 59.2 Å². The van der Waals surface area contributed by atoms with Crippen LogP contribution >= 0.6 is 0 Å². The Morgan fingerprint density at radius 1 is 0.857 bits per heavy atom. The van der Waals surface area contributed by atoms with Gasteiger partial charge >= 0.3 is 6.36 Å². The second-order valence-electron chi connectivity index (χ2n) is 9.57. The summed E-state index contributed by atoms with van der Waals surface area (Å²) in [6.07, 6.45) is 1.85. The van der Waals surface area contributed by atoms with Crippen molar-refractivity contribution in [1.82, 2.24) is 0 Å². The topological polar surface area (TPSA) is 9.23 Å². The minimum absolute atomic E-state index is 0.327. The van der Waals surface area contributed by atoms with Gasteiger partial charge in [0.25, 0.3) is 0 Å². The highest BCUT2D eigenvalue weighted by molar-refractivity contribution is 6.59. The lowest BCUT2D eigenvalue weighted by Gasteiger charge is -2.28. The molecule has 1 aliphatic rings. The van der Waals surface area contributed by atoms with E-state index in [-0.39, 0.29) is 5.75 Å². The predicted octanol–water partition coefficient (Wildman–Crippen LogP) is 9.35. The fourth-order valence-electron chi connectivity index (χ4n) is 5.28. The maximum absolute atomic E-state index is 14.9. The van der Waals surface area contributed by atoms with Crippen LogP contribution in [0.2, 0.25) is 18.1 Å². The quantitative estimate of drug-likeness (QED) is 0.170. The molecule has 6 heteroatoms. The minimum Gasteiger partial charge on any atom is -0.406 e. The summed E-state index contributed by atoms with van der Waals surface area (Å²) < 4.78 is 56.3. The molecule has 0 aromatic heterocycles. The molecular formula is C29H32F4OSi. The zero-order chi connectivity index (χ0) is 24.8. The highest BCUT2D eigenvalue weighted by atomic mass is 28.3. The third kappa shape index (κ3) is 6.75. The molecule has 1 heterocycles. The molecule has 35 heavy (non-hydrogen) atoms. The first-order valence-corrected chi connectivity index (χ1v) is 15.0. The number of rotatable bonds is 8. The molecule has 0 amide bonds. The van der Waals surface area contributed by atoms with Crippen molar-refractivity contribution >= 4 is 8.80 Å². The van der Waals surface area contributed by atoms with Crippen LogP contribution < -0.4 is 4.74 Å². The third-order valence-electron chi connectivity index (χ3n) is 7.15. The summed E-state index contributed by atoms with van der Waals surface area (Å²) in [6, 6.07) is 23.0. The second-order valence-corrected chi connectivity index (χ2v) is 13.0. The van der Waals surface area contributed by atoms with Crippen LogP contribution in [0.3, 0.4) is 0 Å². The number of unbranched alkanes of at least 4 members (excludes halogenated alkanes) is 2.